The molecule has 1 aromatic heterocycles. The average Bonchev–Trinajstić information content (AvgIpc) is 2.83. The first-order chi connectivity index (χ1) is 17.9. The molecule has 0 bridgehead atoms. The van der Waals surface area contributed by atoms with Crippen LogP contribution in [-0.2, 0) is 20.1 Å². The minimum Gasteiger partial charge on any atom is -0.354 e. The third-order valence-corrected chi connectivity index (χ3v) is 5.75. The minimum absolute atomic E-state index is 0.510. The van der Waals surface area contributed by atoms with Crippen LogP contribution < -0.4 is 10.0 Å². The van der Waals surface area contributed by atoms with Gasteiger partial charge in [0.25, 0.3) is 10.1 Å². The van der Waals surface area contributed by atoms with Crippen molar-refractivity contribution in [3.8, 4) is 0 Å². The first kappa shape index (κ1) is 28.8. The van der Waals surface area contributed by atoms with Gasteiger partial charge in [0.1, 0.15) is 0 Å². The van der Waals surface area contributed by atoms with Gasteiger partial charge >= 0.3 is 0 Å². The molecule has 3 aromatic carbocycles. The Kier molecular flexibility index (Phi) is 9.20. The molecule has 0 saturated carbocycles. The Morgan fingerprint density at radius 1 is 0.842 bits per heavy atom. The third-order valence-electron chi connectivity index (χ3n) is 5.14. The molecule has 0 aliphatic heterocycles. The lowest BCUT2D eigenvalue weighted by molar-refractivity contribution is 0.301. The van der Waals surface area contributed by atoms with Gasteiger partial charge in [0.15, 0.2) is 0 Å². The number of anilines is 3. The Hall–Kier alpha value is -3.81. The molecule has 0 fully saturated rings. The molecule has 0 atom stereocenters. The standard InChI is InChI=1S/C24H26N6O2S.CH4O3S/c1-4-30(5-2)29-27-19-14-15-21-23(16-19)26-22-9-7-6-8-20(22)24(21)25-17-10-12-18(13-11-17)28-33(3,31)32;1-5(2,3)4/h6-16,28H,4-5H2,1-3H3,(H,25,26);1H3,(H,2,3,4). The zero-order valence-electron chi connectivity index (χ0n) is 21.5. The van der Waals surface area contributed by atoms with Crippen LogP contribution in [0.1, 0.15) is 13.8 Å². The number of benzene rings is 3. The van der Waals surface area contributed by atoms with Gasteiger partial charge in [-0.25, -0.2) is 13.4 Å². The average molecular weight is 559 g/mol. The summed E-state index contributed by atoms with van der Waals surface area (Å²) in [5, 5.41) is 16.0. The predicted octanol–water partition coefficient (Wildman–Crippen LogP) is 5.35. The molecule has 0 amide bonds. The van der Waals surface area contributed by atoms with Crippen LogP contribution in [0.15, 0.2) is 77.1 Å². The SMILES string of the molecule is CCN(CC)N=Nc1ccc2c(Nc3ccc(NS(C)(=O)=O)cc3)c3ccccc3nc2c1.CS(=O)(=O)O. The van der Waals surface area contributed by atoms with Crippen molar-refractivity contribution in [2.24, 2.45) is 10.3 Å². The molecular weight excluding hydrogens is 528 g/mol. The van der Waals surface area contributed by atoms with E-state index < -0.39 is 20.1 Å². The maximum Gasteiger partial charge on any atom is 0.261 e. The molecule has 4 rings (SSSR count). The Balaban J connectivity index is 0.000000732. The van der Waals surface area contributed by atoms with Gasteiger partial charge in [-0.15, -0.1) is 5.11 Å². The summed E-state index contributed by atoms with van der Waals surface area (Å²) in [6.45, 7) is 5.67. The molecule has 4 aromatic rings. The van der Waals surface area contributed by atoms with Gasteiger partial charge in [0.2, 0.25) is 10.0 Å². The van der Waals surface area contributed by atoms with E-state index in [1.165, 1.54) is 0 Å². The number of nitrogens with zero attached hydrogens (tertiary/aromatic N) is 4. The predicted molar refractivity (Wildman–Crippen MR) is 152 cm³/mol. The Morgan fingerprint density at radius 2 is 1.42 bits per heavy atom. The van der Waals surface area contributed by atoms with Crippen LogP contribution in [0.3, 0.4) is 0 Å². The summed E-state index contributed by atoms with van der Waals surface area (Å²) in [5.41, 5.74) is 4.67. The van der Waals surface area contributed by atoms with Crippen molar-refractivity contribution in [2.45, 2.75) is 13.8 Å². The molecule has 1 heterocycles. The maximum atomic E-state index is 11.5. The largest absolute Gasteiger partial charge is 0.354 e. The van der Waals surface area contributed by atoms with Crippen molar-refractivity contribution in [3.63, 3.8) is 0 Å². The number of aromatic nitrogens is 1. The number of para-hydroxylation sites is 1. The van der Waals surface area contributed by atoms with Crippen LogP contribution in [0.4, 0.5) is 22.7 Å². The Morgan fingerprint density at radius 3 is 2.03 bits per heavy atom. The van der Waals surface area contributed by atoms with E-state index in [4.69, 9.17) is 9.54 Å². The summed E-state index contributed by atoms with van der Waals surface area (Å²) in [4.78, 5) is 4.83. The fourth-order valence-corrected chi connectivity index (χ4v) is 4.09. The van der Waals surface area contributed by atoms with Crippen molar-refractivity contribution >= 4 is 64.7 Å². The van der Waals surface area contributed by atoms with Crippen LogP contribution in [0.2, 0.25) is 0 Å². The second-order valence-electron chi connectivity index (χ2n) is 8.34. The summed E-state index contributed by atoms with van der Waals surface area (Å²) in [6.07, 6.45) is 1.84. The van der Waals surface area contributed by atoms with Crippen molar-refractivity contribution < 1.29 is 21.4 Å². The molecule has 3 N–H and O–H groups in total. The fourth-order valence-electron chi connectivity index (χ4n) is 3.52. The summed E-state index contributed by atoms with van der Waals surface area (Å²) >= 11 is 0. The van der Waals surface area contributed by atoms with Gasteiger partial charge in [-0.2, -0.15) is 8.42 Å². The summed E-state index contributed by atoms with van der Waals surface area (Å²) in [5.74, 6) is 0. The highest BCUT2D eigenvalue weighted by Crippen LogP contribution is 2.35. The lowest BCUT2D eigenvalue weighted by atomic mass is 10.1. The van der Waals surface area contributed by atoms with Crippen LogP contribution in [0.5, 0.6) is 0 Å². The van der Waals surface area contributed by atoms with Crippen molar-refractivity contribution in [2.75, 3.05) is 35.6 Å². The van der Waals surface area contributed by atoms with Gasteiger partial charge < -0.3 is 5.32 Å². The highest BCUT2D eigenvalue weighted by molar-refractivity contribution is 7.92. The van der Waals surface area contributed by atoms with E-state index in [0.29, 0.717) is 11.9 Å². The smallest absolute Gasteiger partial charge is 0.261 e. The number of hydrogen-bond donors (Lipinski definition) is 3. The van der Waals surface area contributed by atoms with Gasteiger partial charge in [-0.3, -0.25) is 14.3 Å². The molecule has 0 radical (unpaired) electrons. The van der Waals surface area contributed by atoms with Crippen molar-refractivity contribution in [1.29, 1.82) is 0 Å². The molecule has 38 heavy (non-hydrogen) atoms. The van der Waals surface area contributed by atoms with Crippen molar-refractivity contribution in [3.05, 3.63) is 66.7 Å². The molecule has 202 valence electrons. The summed E-state index contributed by atoms with van der Waals surface area (Å²) in [6, 6.07) is 20.9. The number of hydrogen-bond acceptors (Lipinski definition) is 8. The van der Waals surface area contributed by atoms with E-state index in [1.54, 1.807) is 12.1 Å². The molecule has 11 nitrogen and oxygen atoms in total. The van der Waals surface area contributed by atoms with E-state index in [-0.39, 0.29) is 0 Å². The van der Waals surface area contributed by atoms with Gasteiger partial charge in [-0.05, 0) is 62.4 Å². The molecule has 0 aliphatic carbocycles. The van der Waals surface area contributed by atoms with Crippen LogP contribution >= 0.6 is 0 Å². The summed E-state index contributed by atoms with van der Waals surface area (Å²) in [7, 11) is -6.99. The molecular formula is C25H30N6O5S2. The van der Waals surface area contributed by atoms with Crippen molar-refractivity contribution in [1.82, 2.24) is 9.99 Å². The van der Waals surface area contributed by atoms with Crippen LogP contribution in [-0.4, -0.2) is 57.0 Å². The molecule has 0 saturated heterocycles. The van der Waals surface area contributed by atoms with Crippen LogP contribution in [0.25, 0.3) is 21.8 Å². The topological polar surface area (TPSA) is 153 Å². The number of nitrogens with one attached hydrogen (secondary N) is 2. The number of rotatable bonds is 8. The van der Waals surface area contributed by atoms with E-state index in [2.05, 4.69) is 20.4 Å². The monoisotopic (exact) mass is 558 g/mol. The first-order valence-electron chi connectivity index (χ1n) is 11.6. The molecule has 0 aliphatic rings. The zero-order chi connectivity index (χ0) is 27.9. The highest BCUT2D eigenvalue weighted by atomic mass is 32.2. The lowest BCUT2D eigenvalue weighted by Gasteiger charge is -2.14. The zero-order valence-corrected chi connectivity index (χ0v) is 23.1. The summed E-state index contributed by atoms with van der Waals surface area (Å²) < 4.78 is 51.3. The Bertz CT molecular complexity index is 1650. The van der Waals surface area contributed by atoms with Gasteiger partial charge in [0.05, 0.1) is 34.9 Å². The Labute approximate surface area is 222 Å². The van der Waals surface area contributed by atoms with Gasteiger partial charge in [-0.1, -0.05) is 23.4 Å². The first-order valence-corrected chi connectivity index (χ1v) is 15.4. The molecule has 0 unspecified atom stereocenters. The van der Waals surface area contributed by atoms with Crippen LogP contribution in [0, 0.1) is 0 Å². The quantitative estimate of drug-likeness (QED) is 0.113. The minimum atomic E-state index is -3.67. The van der Waals surface area contributed by atoms with E-state index in [1.807, 2.05) is 73.5 Å². The number of pyridine rings is 1. The number of sulfonamides is 1. The second-order valence-corrected chi connectivity index (χ2v) is 11.6. The van der Waals surface area contributed by atoms with E-state index in [0.717, 1.165) is 58.2 Å². The fraction of sp³-hybridized carbons (Fsp3) is 0.240. The normalized spacial score (nSPS) is 11.8. The molecule has 0 spiro atoms. The number of fused-ring (bicyclic) bond motifs is 2. The molecule has 13 heteroatoms. The maximum absolute atomic E-state index is 11.5. The second kappa shape index (κ2) is 12.2. The highest BCUT2D eigenvalue weighted by Gasteiger charge is 2.11. The van der Waals surface area contributed by atoms with E-state index in [9.17, 15) is 16.8 Å². The lowest BCUT2D eigenvalue weighted by Crippen LogP contribution is -2.14. The van der Waals surface area contributed by atoms with Gasteiger partial charge in [0, 0.05) is 35.2 Å². The van der Waals surface area contributed by atoms with E-state index >= 15 is 0 Å². The third kappa shape index (κ3) is 8.64.